The van der Waals surface area contributed by atoms with E-state index < -0.39 is 99.8 Å². The molecule has 37 nitrogen and oxygen atoms in total. The third kappa shape index (κ3) is 21.7. The van der Waals surface area contributed by atoms with Crippen LogP contribution in [0.5, 0.6) is 11.6 Å². The van der Waals surface area contributed by atoms with Gasteiger partial charge in [0.15, 0.2) is 16.5 Å². The van der Waals surface area contributed by atoms with Crippen LogP contribution in [-0.2, 0) is 57.0 Å². The molecule has 45 heteroatoms. The molecule has 0 saturated heterocycles. The molecule has 0 radical (unpaired) electrons. The predicted molar refractivity (Wildman–Crippen MR) is 387 cm³/mol. The van der Waals surface area contributed by atoms with Crippen molar-refractivity contribution in [2.75, 3.05) is 58.4 Å². The number of nitrogens with zero attached hydrogens (tertiary/aromatic N) is 15. The molecule has 0 aliphatic rings. The van der Waals surface area contributed by atoms with Gasteiger partial charge in [-0.05, 0) is 129 Å². The maximum Gasteiger partial charge on any atom is 0.297 e. The zero-order valence-corrected chi connectivity index (χ0v) is 61.2. The molecule has 0 aliphatic heterocycles. The number of azo groups is 4. The van der Waals surface area contributed by atoms with Crippen LogP contribution in [0.25, 0.3) is 16.7 Å². The second-order valence-corrected chi connectivity index (χ2v) is 32.9. The zero-order valence-electron chi connectivity index (χ0n) is 54.7. The van der Waals surface area contributed by atoms with Gasteiger partial charge in [0.05, 0.1) is 74.1 Å². The number of rotatable bonds is 34. The number of hydrogen-bond donors (Lipinski definition) is 9. The molecular weight excluding hydrogens is 1540 g/mol. The molecule has 0 aliphatic carbocycles. The van der Waals surface area contributed by atoms with Crippen molar-refractivity contribution in [2.24, 2.45) is 40.9 Å². The molecule has 0 atom stereocenters. The number of aromatic nitrogens is 5. The van der Waals surface area contributed by atoms with E-state index in [4.69, 9.17) is 4.74 Å². The number of ether oxygens (including phenoxy) is 1. The van der Waals surface area contributed by atoms with Crippen molar-refractivity contribution < 1.29 is 84.7 Å². The van der Waals surface area contributed by atoms with Gasteiger partial charge in [-0.15, -0.1) is 54.2 Å². The van der Waals surface area contributed by atoms with Crippen molar-refractivity contribution in [3.8, 4) is 17.7 Å². The van der Waals surface area contributed by atoms with Gasteiger partial charge < -0.3 is 25.6 Å². The smallest absolute Gasteiger partial charge is 0.297 e. The Balaban J connectivity index is 1.21. The van der Waals surface area contributed by atoms with E-state index in [0.29, 0.717) is 28.2 Å². The topological polar surface area (TPSA) is 567 Å². The minimum absolute atomic E-state index is 0.000465. The molecule has 0 saturated carbocycles. The highest BCUT2D eigenvalue weighted by molar-refractivity contribution is 8.00. The number of non-ortho nitro benzene ring substituents is 1. The molecule has 105 heavy (non-hydrogen) atoms. The summed E-state index contributed by atoms with van der Waals surface area (Å²) in [6.07, 6.45) is -0.273. The third-order valence-corrected chi connectivity index (χ3v) is 21.6. The first kappa shape index (κ1) is 79.4. The van der Waals surface area contributed by atoms with E-state index in [0.717, 1.165) is 59.6 Å². The predicted octanol–water partition coefficient (Wildman–Crippen LogP) is 13.5. The summed E-state index contributed by atoms with van der Waals surface area (Å²) in [5.41, 5.74) is 1.05. The largest absolute Gasteiger partial charge is 0.493 e. The number of hydrogen-bond acceptors (Lipinski definition) is 33. The van der Waals surface area contributed by atoms with E-state index in [9.17, 15) is 90.4 Å². The average Bonchev–Trinajstić information content (AvgIpc) is 1.60. The van der Waals surface area contributed by atoms with Crippen molar-refractivity contribution in [2.45, 2.75) is 71.2 Å². The monoisotopic (exact) mass is 1590 g/mol. The molecule has 552 valence electrons. The maximum atomic E-state index is 12.4. The Bertz CT molecular complexity index is 5650. The Morgan fingerprint density at radius 2 is 1.17 bits per heavy atom. The van der Waals surface area contributed by atoms with Crippen LogP contribution in [0.3, 0.4) is 0 Å². The number of para-hydroxylation sites is 2. The molecule has 0 unspecified atom stereocenters. The molecule has 9 N–H and O–H groups in total. The number of fused-ring (bicyclic) bond motifs is 3. The van der Waals surface area contributed by atoms with Gasteiger partial charge in [-0.1, -0.05) is 36.9 Å². The fourth-order valence-corrected chi connectivity index (χ4v) is 15.1. The van der Waals surface area contributed by atoms with E-state index in [1.807, 2.05) is 0 Å². The summed E-state index contributed by atoms with van der Waals surface area (Å²) in [4.78, 5) is 27.7. The Kier molecular flexibility index (Phi) is 25.8. The number of nitro groups is 1. The lowest BCUT2D eigenvalue weighted by Crippen LogP contribution is -2.08. The quantitative estimate of drug-likeness (QED) is 0.00452. The number of imidazole rings is 1. The first-order valence-corrected chi connectivity index (χ1v) is 41.1. The molecule has 0 amide bonds. The highest BCUT2D eigenvalue weighted by Gasteiger charge is 2.25. The molecular formula is C60H59N17O20S8. The maximum absolute atomic E-state index is 12.4. The van der Waals surface area contributed by atoms with Crippen LogP contribution in [0.4, 0.5) is 74.5 Å². The van der Waals surface area contributed by atoms with Crippen LogP contribution >= 0.6 is 35.3 Å². The Labute approximate surface area is 610 Å². The first-order valence-electron chi connectivity index (χ1n) is 30.4. The number of nitro benzene ring substituents is 1. The number of aliphatic hydroxyl groups is 1. The Morgan fingerprint density at radius 1 is 0.600 bits per heavy atom. The number of aryl methyl sites for hydroxylation is 2. The molecule has 9 rings (SSSR count). The van der Waals surface area contributed by atoms with Gasteiger partial charge >= 0.3 is 0 Å². The Morgan fingerprint density at radius 3 is 1.78 bits per heavy atom. The van der Waals surface area contributed by atoms with Gasteiger partial charge in [-0.3, -0.25) is 37.3 Å². The van der Waals surface area contributed by atoms with Crippen molar-refractivity contribution in [3.05, 3.63) is 135 Å². The third-order valence-electron chi connectivity index (χ3n) is 14.4. The summed E-state index contributed by atoms with van der Waals surface area (Å²) in [7, 11) is -23.2. The van der Waals surface area contributed by atoms with Crippen molar-refractivity contribution in [1.29, 1.82) is 5.26 Å². The van der Waals surface area contributed by atoms with E-state index >= 15 is 0 Å². The summed E-state index contributed by atoms with van der Waals surface area (Å²) in [6.45, 7) is 4.21. The number of aliphatic hydroxyl groups excluding tert-OH is 1. The molecule has 9 aromatic rings. The highest BCUT2D eigenvalue weighted by atomic mass is 32.2. The molecule has 3 heterocycles. The summed E-state index contributed by atoms with van der Waals surface area (Å²) >= 11 is 2.98. The molecule has 3 aromatic heterocycles. The lowest BCUT2D eigenvalue weighted by molar-refractivity contribution is -0.385. The lowest BCUT2D eigenvalue weighted by atomic mass is 10.1. The highest BCUT2D eigenvalue weighted by Crippen LogP contribution is 2.46. The lowest BCUT2D eigenvalue weighted by Gasteiger charge is -2.14. The van der Waals surface area contributed by atoms with Crippen molar-refractivity contribution in [1.82, 2.24) is 24.3 Å². The average molecular weight is 1590 g/mol. The van der Waals surface area contributed by atoms with Crippen LogP contribution in [0.1, 0.15) is 48.4 Å². The summed E-state index contributed by atoms with van der Waals surface area (Å²) in [5, 5.41) is 85.1. The van der Waals surface area contributed by atoms with Crippen LogP contribution < -0.4 is 15.4 Å². The van der Waals surface area contributed by atoms with Crippen LogP contribution in [-0.4, -0.2) is 152 Å². The van der Waals surface area contributed by atoms with E-state index in [1.54, 1.807) is 38.1 Å². The van der Waals surface area contributed by atoms with Gasteiger partial charge in [-0.25, -0.2) is 4.98 Å². The number of nitrogens with one attached hydrogen (secondary N) is 2. The van der Waals surface area contributed by atoms with E-state index in [-0.39, 0.29) is 157 Å². The Hall–Kier alpha value is -9.67. The van der Waals surface area contributed by atoms with Crippen LogP contribution in [0.2, 0.25) is 0 Å². The molecule has 0 fully saturated rings. The molecule has 0 bridgehead atoms. The van der Waals surface area contributed by atoms with Gasteiger partial charge in [0.1, 0.15) is 45.0 Å². The summed E-state index contributed by atoms with van der Waals surface area (Å²) in [6, 6.07) is 25.0. The molecule has 6 aromatic carbocycles. The fraction of sp³-hybridized carbons (Fsp3) is 0.250. The number of pyridine rings is 1. The second-order valence-electron chi connectivity index (χ2n) is 22.0. The number of thioether (sulfide) groups is 3. The second kappa shape index (κ2) is 34.1. The standard InChI is InChI=1S/C60H59N17O20S8/c1-4-39-40(33-61)56-63-41-13-5-6-14-50(41)76(56)57(79)55(39)75-72-47-25-34(2)43(30-51(47)97-18-8-22-101(82,83)84)69-74-49-29-45(64-59-65-58(66-60(67-59)100-21-17-78)62-36-11-7-12-38(27-36)104(91,92)93)46(32-53(49)99-20-10-24-103(88,89)90)71-73-48-26-35(3)44(31-52(48)98-19-9-23-102(85,86)87)70-68-42-16-15-37(77(80)81)28-54(42)105(94,95)96/h5-7,11-16,25-32,78-79H,4,8-10,17-24H2,1-3H3,(H,82,83,84)(H,85,86,87)(H,88,89,90)(H,91,92,93)(H,94,95,96)(H2,62,64,65,66,67). The summed E-state index contributed by atoms with van der Waals surface area (Å²) in [5.74, 6) is -2.92. The van der Waals surface area contributed by atoms with Gasteiger partial charge in [0.2, 0.25) is 17.8 Å². The van der Waals surface area contributed by atoms with Crippen LogP contribution in [0.15, 0.2) is 169 Å². The number of benzene rings is 6. The van der Waals surface area contributed by atoms with E-state index in [1.165, 1.54) is 59.9 Å². The SMILES string of the molecule is CCc1c(N=Nc2cc(C)c(N=Nc3cc(Nc4nc(Nc5cccc(S(=O)(=O)O)c5)nc(SCCO)n4)c(N=Nc4cc(C)c(N=Nc5ccc([N+](=O)[O-])cc5S(=O)(=O)O)cc4SCCCS(=O)(=O)O)cc3SCCCS(=O)(=O)O)cc2OCCCS(=O)(=O)O)c(O)n2c(nc3ccccc32)c1C#N. The minimum atomic E-state index is -5.11. The van der Waals surface area contributed by atoms with E-state index in [2.05, 4.69) is 77.6 Å². The number of aromatic hydroxyl groups is 1. The van der Waals surface area contributed by atoms with Crippen LogP contribution in [0, 0.1) is 35.3 Å². The van der Waals surface area contributed by atoms with Gasteiger partial charge in [0, 0.05) is 45.0 Å². The number of nitriles is 1. The molecule has 0 spiro atoms. The fourth-order valence-electron chi connectivity index (χ4n) is 9.59. The minimum Gasteiger partial charge on any atom is -0.493 e. The zero-order chi connectivity index (χ0) is 76.2. The normalized spacial score (nSPS) is 12.6. The number of anilines is 4. The summed E-state index contributed by atoms with van der Waals surface area (Å²) < 4.78 is 176. The van der Waals surface area contributed by atoms with Gasteiger partial charge in [-0.2, -0.15) is 72.5 Å². The first-order chi connectivity index (χ1) is 49.6. The van der Waals surface area contributed by atoms with Crippen molar-refractivity contribution >= 4 is 177 Å². The van der Waals surface area contributed by atoms with Crippen molar-refractivity contribution in [3.63, 3.8) is 0 Å². The van der Waals surface area contributed by atoms with Gasteiger partial charge in [0.25, 0.3) is 56.3 Å².